The summed E-state index contributed by atoms with van der Waals surface area (Å²) in [4.78, 5) is 50.0. The van der Waals surface area contributed by atoms with Gasteiger partial charge in [-0.15, -0.1) is 0 Å². The first-order chi connectivity index (χ1) is 12.6. The van der Waals surface area contributed by atoms with E-state index in [9.17, 15) is 39.9 Å². The summed E-state index contributed by atoms with van der Waals surface area (Å²) in [5.74, 6) is 0. The number of nitrogens with zero attached hydrogens (tertiary/aromatic N) is 3. The highest BCUT2D eigenvalue weighted by Crippen LogP contribution is 2.31. The number of halogens is 2. The van der Waals surface area contributed by atoms with Gasteiger partial charge in [0, 0.05) is 23.8 Å². The van der Waals surface area contributed by atoms with Gasteiger partial charge in [0.25, 0.3) is 16.2 Å². The molecule has 0 radical (unpaired) electrons. The Hall–Kier alpha value is -3.44. The fraction of sp³-hybridized carbons (Fsp3) is 0. The maximum absolute atomic E-state index is 10.8. The Bertz CT molecular complexity index is 865. The SMILES string of the molecule is O=C(Cl)c1ccc([N+](=O)[O-])cc1.O=C(Cl)c1cccc([N+](=O)[O-])c1[N+](=O)[O-]. The van der Waals surface area contributed by atoms with Crippen molar-refractivity contribution in [2.45, 2.75) is 0 Å². The standard InChI is InChI=1S/C7H3ClN2O5.C7H4ClNO3/c8-7(11)4-2-1-3-5(9(12)13)6(4)10(14)15;8-7(10)5-1-3-6(4-2-5)9(11)12/h1-3H;1-4H. The molecule has 0 aliphatic carbocycles. The molecule has 0 saturated heterocycles. The van der Waals surface area contributed by atoms with E-state index in [4.69, 9.17) is 23.2 Å². The predicted octanol–water partition coefficient (Wildman–Crippen LogP) is 3.86. The van der Waals surface area contributed by atoms with E-state index < -0.39 is 42.2 Å². The first-order valence-electron chi connectivity index (χ1n) is 6.62. The van der Waals surface area contributed by atoms with Gasteiger partial charge in [0.15, 0.2) is 0 Å². The zero-order chi connectivity index (χ0) is 20.7. The summed E-state index contributed by atoms with van der Waals surface area (Å²) in [7, 11) is 0. The molecule has 2 aromatic rings. The molecule has 0 atom stereocenters. The number of nitro groups is 3. The molecule has 2 rings (SSSR count). The number of non-ortho nitro benzene ring substituents is 1. The molecule has 27 heavy (non-hydrogen) atoms. The van der Waals surface area contributed by atoms with Gasteiger partial charge < -0.3 is 0 Å². The summed E-state index contributed by atoms with van der Waals surface area (Å²) in [6.45, 7) is 0. The second-order valence-electron chi connectivity index (χ2n) is 4.54. The monoisotopic (exact) mass is 415 g/mol. The highest BCUT2D eigenvalue weighted by Gasteiger charge is 2.30. The molecule has 0 aliphatic rings. The van der Waals surface area contributed by atoms with Crippen LogP contribution in [0.15, 0.2) is 42.5 Å². The van der Waals surface area contributed by atoms with Crippen LogP contribution < -0.4 is 0 Å². The van der Waals surface area contributed by atoms with Crippen LogP contribution in [-0.4, -0.2) is 25.3 Å². The average Bonchev–Trinajstić information content (AvgIpc) is 2.61. The molecular weight excluding hydrogens is 409 g/mol. The normalized spacial score (nSPS) is 9.56. The molecule has 0 saturated carbocycles. The van der Waals surface area contributed by atoms with Crippen molar-refractivity contribution in [3.63, 3.8) is 0 Å². The molecular formula is C14H7Cl2N3O8. The lowest BCUT2D eigenvalue weighted by atomic mass is 10.1. The molecule has 140 valence electrons. The largest absolute Gasteiger partial charge is 0.358 e. The lowest BCUT2D eigenvalue weighted by molar-refractivity contribution is -0.422. The van der Waals surface area contributed by atoms with E-state index >= 15 is 0 Å². The van der Waals surface area contributed by atoms with Crippen molar-refractivity contribution in [1.82, 2.24) is 0 Å². The number of para-hydroxylation sites is 1. The number of nitro benzene ring substituents is 3. The smallest absolute Gasteiger partial charge is 0.276 e. The van der Waals surface area contributed by atoms with Gasteiger partial charge in [0.05, 0.1) is 14.8 Å². The van der Waals surface area contributed by atoms with Crippen molar-refractivity contribution in [1.29, 1.82) is 0 Å². The van der Waals surface area contributed by atoms with Gasteiger partial charge in [-0.3, -0.25) is 39.9 Å². The lowest BCUT2D eigenvalue weighted by Gasteiger charge is -1.97. The molecule has 11 nitrogen and oxygen atoms in total. The zero-order valence-corrected chi connectivity index (χ0v) is 14.4. The first-order valence-corrected chi connectivity index (χ1v) is 7.37. The van der Waals surface area contributed by atoms with Crippen LogP contribution in [-0.2, 0) is 0 Å². The van der Waals surface area contributed by atoms with E-state index in [2.05, 4.69) is 0 Å². The molecule has 0 unspecified atom stereocenters. The molecule has 0 amide bonds. The van der Waals surface area contributed by atoms with Crippen LogP contribution in [0.1, 0.15) is 20.7 Å². The molecule has 0 aromatic heterocycles. The van der Waals surface area contributed by atoms with Gasteiger partial charge in [-0.1, -0.05) is 6.07 Å². The molecule has 0 spiro atoms. The Balaban J connectivity index is 0.000000277. The van der Waals surface area contributed by atoms with Crippen LogP contribution in [0.25, 0.3) is 0 Å². The van der Waals surface area contributed by atoms with Gasteiger partial charge in [-0.2, -0.15) is 0 Å². The molecule has 2 aromatic carbocycles. The number of carbonyl (C=O) groups excluding carboxylic acids is 2. The number of hydrogen-bond donors (Lipinski definition) is 0. The van der Waals surface area contributed by atoms with Crippen molar-refractivity contribution < 1.29 is 24.4 Å². The van der Waals surface area contributed by atoms with Crippen molar-refractivity contribution in [3.8, 4) is 0 Å². The Morgan fingerprint density at radius 1 is 0.741 bits per heavy atom. The van der Waals surface area contributed by atoms with Crippen LogP contribution in [0.4, 0.5) is 17.1 Å². The third kappa shape index (κ3) is 5.80. The second-order valence-corrected chi connectivity index (χ2v) is 5.23. The third-order valence-electron chi connectivity index (χ3n) is 2.91. The second kappa shape index (κ2) is 9.31. The first kappa shape index (κ1) is 21.6. The minimum Gasteiger partial charge on any atom is -0.276 e. The average molecular weight is 416 g/mol. The topological polar surface area (TPSA) is 164 Å². The summed E-state index contributed by atoms with van der Waals surface area (Å²) < 4.78 is 0. The Labute approximate surface area is 159 Å². The zero-order valence-electron chi connectivity index (χ0n) is 12.9. The molecule has 13 heteroatoms. The molecule has 0 bridgehead atoms. The Morgan fingerprint density at radius 2 is 1.30 bits per heavy atom. The summed E-state index contributed by atoms with van der Waals surface area (Å²) >= 11 is 10.2. The fourth-order valence-electron chi connectivity index (χ4n) is 1.74. The van der Waals surface area contributed by atoms with E-state index in [-0.39, 0.29) is 11.3 Å². The van der Waals surface area contributed by atoms with Gasteiger partial charge >= 0.3 is 11.4 Å². The number of hydrogen-bond acceptors (Lipinski definition) is 8. The third-order valence-corrected chi connectivity index (χ3v) is 3.33. The highest BCUT2D eigenvalue weighted by atomic mass is 35.5. The van der Waals surface area contributed by atoms with Crippen molar-refractivity contribution in [3.05, 3.63) is 83.9 Å². The van der Waals surface area contributed by atoms with Crippen LogP contribution in [0, 0.1) is 30.3 Å². The van der Waals surface area contributed by atoms with Crippen LogP contribution in [0.2, 0.25) is 0 Å². The summed E-state index contributed by atoms with van der Waals surface area (Å²) in [5, 5.41) is 29.4. The summed E-state index contributed by atoms with van der Waals surface area (Å²) in [6, 6.07) is 8.23. The van der Waals surface area contributed by atoms with Gasteiger partial charge in [-0.25, -0.2) is 0 Å². The number of benzene rings is 2. The molecule has 0 fully saturated rings. The minimum absolute atomic E-state index is 0.0586. The quantitative estimate of drug-likeness (QED) is 0.403. The van der Waals surface area contributed by atoms with E-state index in [1.165, 1.54) is 24.3 Å². The van der Waals surface area contributed by atoms with Crippen LogP contribution >= 0.6 is 23.2 Å². The van der Waals surface area contributed by atoms with Crippen molar-refractivity contribution in [2.24, 2.45) is 0 Å². The van der Waals surface area contributed by atoms with E-state index in [0.717, 1.165) is 18.2 Å². The number of rotatable bonds is 5. The molecule has 0 aliphatic heterocycles. The maximum atomic E-state index is 10.8. The Kier molecular flexibility index (Phi) is 7.45. The lowest BCUT2D eigenvalue weighted by Crippen LogP contribution is -2.02. The van der Waals surface area contributed by atoms with E-state index in [1.54, 1.807) is 0 Å². The summed E-state index contributed by atoms with van der Waals surface area (Å²) in [6.07, 6.45) is 0. The molecule has 0 N–H and O–H groups in total. The van der Waals surface area contributed by atoms with Crippen molar-refractivity contribution in [2.75, 3.05) is 0 Å². The maximum Gasteiger partial charge on any atom is 0.358 e. The minimum atomic E-state index is -1.11. The summed E-state index contributed by atoms with van der Waals surface area (Å²) in [5.41, 5.74) is -1.94. The predicted molar refractivity (Wildman–Crippen MR) is 93.2 cm³/mol. The number of carbonyl (C=O) groups is 2. The van der Waals surface area contributed by atoms with Gasteiger partial charge in [0.2, 0.25) is 0 Å². The van der Waals surface area contributed by atoms with Crippen LogP contribution in [0.5, 0.6) is 0 Å². The van der Waals surface area contributed by atoms with Crippen LogP contribution in [0.3, 0.4) is 0 Å². The molecule has 0 heterocycles. The Morgan fingerprint density at radius 3 is 1.67 bits per heavy atom. The van der Waals surface area contributed by atoms with E-state index in [1.807, 2.05) is 0 Å². The van der Waals surface area contributed by atoms with E-state index in [0.29, 0.717) is 0 Å². The fourth-order valence-corrected chi connectivity index (χ4v) is 2.02. The highest BCUT2D eigenvalue weighted by molar-refractivity contribution is 6.68. The van der Waals surface area contributed by atoms with Gasteiger partial charge in [0.1, 0.15) is 5.56 Å². The van der Waals surface area contributed by atoms with Gasteiger partial charge in [-0.05, 0) is 41.4 Å². The van der Waals surface area contributed by atoms with Crippen molar-refractivity contribution >= 4 is 50.7 Å².